The van der Waals surface area contributed by atoms with Crippen LogP contribution >= 0.6 is 28.1 Å². The zero-order chi connectivity index (χ0) is 24.6. The summed E-state index contributed by atoms with van der Waals surface area (Å²) < 4.78 is 38.9. The molecule has 3 N–H and O–H groups in total. The molecule has 0 bridgehead atoms. The maximum Gasteiger partial charge on any atom is 0.261 e. The molecule has 34 heavy (non-hydrogen) atoms. The van der Waals surface area contributed by atoms with Crippen molar-refractivity contribution in [2.45, 2.75) is 4.90 Å². The summed E-state index contributed by atoms with van der Waals surface area (Å²) >= 11 is 8.59. The van der Waals surface area contributed by atoms with Crippen LogP contribution in [0.5, 0.6) is 5.75 Å². The monoisotopic (exact) mass is 563 g/mol. The molecule has 0 radical (unpaired) electrons. The first-order valence-electron chi connectivity index (χ1n) is 10.00. The average molecular weight is 564 g/mol. The number of hydrogen-bond donors (Lipinski definition) is 3. The van der Waals surface area contributed by atoms with Gasteiger partial charge < -0.3 is 14.8 Å². The SMILES string of the molecule is COCCOc1ccc(Br)cc1C(=O)NC(=S)Nc1ccc(S(=O)(=O)Nc2ccccc2)cc1. The number of carbonyl (C=O) groups excluding carboxylic acids is 1. The summed E-state index contributed by atoms with van der Waals surface area (Å²) in [4.78, 5) is 12.8. The molecule has 0 spiro atoms. The van der Waals surface area contributed by atoms with Gasteiger partial charge in [-0.25, -0.2) is 8.42 Å². The maximum absolute atomic E-state index is 12.8. The fourth-order valence-corrected chi connectivity index (χ4v) is 4.44. The molecular weight excluding hydrogens is 542 g/mol. The van der Waals surface area contributed by atoms with Gasteiger partial charge in [0.25, 0.3) is 15.9 Å². The summed E-state index contributed by atoms with van der Waals surface area (Å²) in [6.45, 7) is 0.666. The number of nitrogens with one attached hydrogen (secondary N) is 3. The Morgan fingerprint density at radius 3 is 2.35 bits per heavy atom. The van der Waals surface area contributed by atoms with Crippen molar-refractivity contribution in [1.29, 1.82) is 0 Å². The molecule has 0 aromatic heterocycles. The number of methoxy groups -OCH3 is 1. The van der Waals surface area contributed by atoms with Crippen molar-refractivity contribution in [2.24, 2.45) is 0 Å². The van der Waals surface area contributed by atoms with Crippen LogP contribution in [0.4, 0.5) is 11.4 Å². The van der Waals surface area contributed by atoms with Gasteiger partial charge in [-0.2, -0.15) is 0 Å². The van der Waals surface area contributed by atoms with E-state index < -0.39 is 15.9 Å². The normalized spacial score (nSPS) is 10.9. The first kappa shape index (κ1) is 25.6. The molecule has 1 amide bonds. The van der Waals surface area contributed by atoms with Gasteiger partial charge in [0.05, 0.1) is 17.1 Å². The molecule has 8 nitrogen and oxygen atoms in total. The fraction of sp³-hybridized carbons (Fsp3) is 0.130. The Morgan fingerprint density at radius 2 is 1.68 bits per heavy atom. The lowest BCUT2D eigenvalue weighted by Gasteiger charge is -2.14. The van der Waals surface area contributed by atoms with Gasteiger partial charge >= 0.3 is 0 Å². The van der Waals surface area contributed by atoms with Crippen molar-refractivity contribution < 1.29 is 22.7 Å². The minimum absolute atomic E-state index is 0.0471. The Morgan fingerprint density at radius 1 is 0.971 bits per heavy atom. The number of amides is 1. The average Bonchev–Trinajstić information content (AvgIpc) is 2.80. The Bertz CT molecular complexity index is 1250. The molecule has 0 fully saturated rings. The van der Waals surface area contributed by atoms with E-state index in [0.29, 0.717) is 33.8 Å². The summed E-state index contributed by atoms with van der Waals surface area (Å²) in [5, 5.41) is 5.52. The molecule has 178 valence electrons. The van der Waals surface area contributed by atoms with Crippen LogP contribution in [-0.2, 0) is 14.8 Å². The van der Waals surface area contributed by atoms with Gasteiger partial charge in [-0.1, -0.05) is 34.1 Å². The van der Waals surface area contributed by atoms with E-state index in [1.54, 1.807) is 67.8 Å². The number of anilines is 2. The number of benzene rings is 3. The van der Waals surface area contributed by atoms with Crippen LogP contribution in [0.25, 0.3) is 0 Å². The minimum Gasteiger partial charge on any atom is -0.490 e. The second-order valence-electron chi connectivity index (χ2n) is 6.89. The Labute approximate surface area is 211 Å². The van der Waals surface area contributed by atoms with Crippen molar-refractivity contribution in [3.63, 3.8) is 0 Å². The highest BCUT2D eigenvalue weighted by atomic mass is 79.9. The molecule has 3 aromatic carbocycles. The second kappa shape index (κ2) is 11.9. The van der Waals surface area contributed by atoms with Gasteiger partial charge in [0.1, 0.15) is 12.4 Å². The topological polar surface area (TPSA) is 106 Å². The first-order valence-corrected chi connectivity index (χ1v) is 12.7. The van der Waals surface area contributed by atoms with Crippen molar-refractivity contribution in [3.05, 3.63) is 82.8 Å². The van der Waals surface area contributed by atoms with Crippen molar-refractivity contribution in [1.82, 2.24) is 5.32 Å². The smallest absolute Gasteiger partial charge is 0.261 e. The summed E-state index contributed by atoms with van der Waals surface area (Å²) in [5.74, 6) is -0.0708. The molecular formula is C23H22BrN3O5S2. The van der Waals surface area contributed by atoms with E-state index >= 15 is 0 Å². The third kappa shape index (κ3) is 7.26. The molecule has 0 aliphatic carbocycles. The van der Waals surface area contributed by atoms with E-state index in [1.807, 2.05) is 0 Å². The summed E-state index contributed by atoms with van der Waals surface area (Å²) in [5.41, 5.74) is 1.27. The molecule has 11 heteroatoms. The number of thiocarbonyl (C=S) groups is 1. The lowest BCUT2D eigenvalue weighted by Crippen LogP contribution is -2.34. The van der Waals surface area contributed by atoms with E-state index in [9.17, 15) is 13.2 Å². The number of hydrogen-bond acceptors (Lipinski definition) is 6. The molecule has 0 aliphatic heterocycles. The zero-order valence-electron chi connectivity index (χ0n) is 18.1. The van der Waals surface area contributed by atoms with Gasteiger partial charge in [0, 0.05) is 23.0 Å². The predicted molar refractivity (Wildman–Crippen MR) is 139 cm³/mol. The Kier molecular flexibility index (Phi) is 8.99. The summed E-state index contributed by atoms with van der Waals surface area (Å²) in [7, 11) is -2.18. The standard InChI is InChI=1S/C23H22BrN3O5S2/c1-31-13-14-32-21-12-7-16(24)15-20(21)22(28)26-23(33)25-17-8-10-19(11-9-17)34(29,30)27-18-5-3-2-4-6-18/h2-12,15,27H,13-14H2,1H3,(H2,25,26,28,33). The molecule has 3 aromatic rings. The molecule has 0 saturated carbocycles. The highest BCUT2D eigenvalue weighted by Crippen LogP contribution is 2.23. The number of halogens is 1. The molecule has 0 aliphatic rings. The van der Waals surface area contributed by atoms with E-state index in [1.165, 1.54) is 12.1 Å². The number of ether oxygens (including phenoxy) is 2. The minimum atomic E-state index is -3.74. The summed E-state index contributed by atoms with van der Waals surface area (Å²) in [6, 6.07) is 19.6. The first-order chi connectivity index (χ1) is 16.3. The third-order valence-corrected chi connectivity index (χ3v) is 6.50. The van der Waals surface area contributed by atoms with Crippen molar-refractivity contribution >= 4 is 60.6 Å². The van der Waals surface area contributed by atoms with Gasteiger partial charge in [0.15, 0.2) is 5.11 Å². The quantitative estimate of drug-likeness (QED) is 0.261. The van der Waals surface area contributed by atoms with Crippen LogP contribution in [0.3, 0.4) is 0 Å². The number of carbonyl (C=O) groups is 1. The zero-order valence-corrected chi connectivity index (χ0v) is 21.3. The number of sulfonamides is 1. The van der Waals surface area contributed by atoms with Crippen LogP contribution in [-0.4, -0.2) is 39.8 Å². The molecule has 0 heterocycles. The lowest BCUT2D eigenvalue weighted by atomic mass is 10.2. The van der Waals surface area contributed by atoms with Crippen LogP contribution in [0.15, 0.2) is 82.2 Å². The fourth-order valence-electron chi connectivity index (χ4n) is 2.81. The van der Waals surface area contributed by atoms with Gasteiger partial charge in [-0.05, 0) is 66.8 Å². The van der Waals surface area contributed by atoms with Gasteiger partial charge in [-0.3, -0.25) is 14.8 Å². The van der Waals surface area contributed by atoms with E-state index in [4.69, 9.17) is 21.7 Å². The Balaban J connectivity index is 1.63. The van der Waals surface area contributed by atoms with Gasteiger partial charge in [-0.15, -0.1) is 0 Å². The van der Waals surface area contributed by atoms with E-state index in [2.05, 4.69) is 31.3 Å². The van der Waals surface area contributed by atoms with Crippen molar-refractivity contribution in [3.8, 4) is 5.75 Å². The predicted octanol–water partition coefficient (Wildman–Crippen LogP) is 4.40. The Hall–Kier alpha value is -2.99. The highest BCUT2D eigenvalue weighted by molar-refractivity contribution is 9.10. The van der Waals surface area contributed by atoms with E-state index in [0.717, 1.165) is 0 Å². The van der Waals surface area contributed by atoms with Crippen LogP contribution in [0, 0.1) is 0 Å². The highest BCUT2D eigenvalue weighted by Gasteiger charge is 2.16. The van der Waals surface area contributed by atoms with E-state index in [-0.39, 0.29) is 16.6 Å². The molecule has 0 atom stereocenters. The maximum atomic E-state index is 12.8. The largest absolute Gasteiger partial charge is 0.490 e. The number of rotatable bonds is 9. The lowest BCUT2D eigenvalue weighted by molar-refractivity contribution is 0.0969. The van der Waals surface area contributed by atoms with Crippen LogP contribution < -0.4 is 20.1 Å². The van der Waals surface area contributed by atoms with Crippen LogP contribution in [0.2, 0.25) is 0 Å². The second-order valence-corrected chi connectivity index (χ2v) is 9.89. The number of para-hydroxylation sites is 1. The third-order valence-electron chi connectivity index (χ3n) is 4.41. The molecule has 0 saturated heterocycles. The van der Waals surface area contributed by atoms with Crippen LogP contribution in [0.1, 0.15) is 10.4 Å². The molecule has 0 unspecified atom stereocenters. The van der Waals surface area contributed by atoms with Crippen molar-refractivity contribution in [2.75, 3.05) is 30.4 Å². The van der Waals surface area contributed by atoms with Gasteiger partial charge in [0.2, 0.25) is 0 Å². The molecule has 3 rings (SSSR count). The summed E-state index contributed by atoms with van der Waals surface area (Å²) in [6.07, 6.45) is 0.